The summed E-state index contributed by atoms with van der Waals surface area (Å²) in [7, 11) is 0. The summed E-state index contributed by atoms with van der Waals surface area (Å²) < 4.78 is 4.63. The number of aliphatic hydroxyl groups is 2. The molecule has 150 valence electrons. The Bertz CT molecular complexity index is 584. The van der Waals surface area contributed by atoms with Gasteiger partial charge in [-0.3, -0.25) is 0 Å². The topological polar surface area (TPSA) is 199 Å². The number of carboxylic acid groups (broad SMARTS) is 4. The van der Waals surface area contributed by atoms with E-state index in [2.05, 4.69) is 4.74 Å². The van der Waals surface area contributed by atoms with Crippen LogP contribution in [0.1, 0.15) is 20.7 Å². The Balaban J connectivity index is 0. The lowest BCUT2D eigenvalue weighted by molar-refractivity contribution is -0.134. The molecule has 0 radical (unpaired) electrons. The molecule has 0 unspecified atom stereocenters. The second kappa shape index (κ2) is 16.2. The third kappa shape index (κ3) is 16.0. The van der Waals surface area contributed by atoms with E-state index in [0.29, 0.717) is 25.4 Å². The van der Waals surface area contributed by atoms with Crippen LogP contribution in [0.4, 0.5) is 0 Å². The maximum Gasteiger partial charge on any atom is 0.336 e. The van der Waals surface area contributed by atoms with Crippen LogP contribution in [-0.4, -0.2) is 80.9 Å². The largest absolute Gasteiger partial charge is 0.478 e. The first-order chi connectivity index (χ1) is 12.7. The molecule has 0 heterocycles. The van der Waals surface area contributed by atoms with E-state index in [4.69, 9.17) is 30.6 Å². The highest BCUT2D eigenvalue weighted by Crippen LogP contribution is 2.07. The number of carbonyl (C=O) groups is 4. The fourth-order valence-corrected chi connectivity index (χ4v) is 1.23. The molecule has 27 heavy (non-hydrogen) atoms. The molecule has 0 saturated carbocycles. The first-order valence-corrected chi connectivity index (χ1v) is 7.16. The molecule has 0 aliphatic heterocycles. The highest BCUT2D eigenvalue weighted by Gasteiger charge is 2.13. The number of aliphatic hydroxyl groups excluding tert-OH is 2. The molecule has 0 saturated heterocycles. The van der Waals surface area contributed by atoms with Crippen LogP contribution in [0.3, 0.4) is 0 Å². The van der Waals surface area contributed by atoms with E-state index < -0.39 is 23.9 Å². The van der Waals surface area contributed by atoms with E-state index in [1.54, 1.807) is 0 Å². The molecule has 1 rings (SSSR count). The molecule has 0 atom stereocenters. The standard InChI is InChI=1S/C8H6O4.C4H4O4.C4H10O3/c9-7(10)5-3-1-2-4-6(5)8(11)12;5-3(6)1-2-4(7)8;5-1-3-7-4-2-6/h1-4H,(H,9,10)(H,11,12);1-2H,(H,5,6)(H,7,8);5-6H,1-4H2. The van der Waals surface area contributed by atoms with Gasteiger partial charge in [-0.1, -0.05) is 12.1 Å². The Labute approximate surface area is 153 Å². The van der Waals surface area contributed by atoms with Gasteiger partial charge in [0, 0.05) is 12.2 Å². The summed E-state index contributed by atoms with van der Waals surface area (Å²) in [5, 5.41) is 48.9. The first-order valence-electron chi connectivity index (χ1n) is 7.16. The Kier molecular flexibility index (Phi) is 15.6. The summed E-state index contributed by atoms with van der Waals surface area (Å²) in [5.74, 6) is -4.97. The number of ether oxygens (including phenoxy) is 1. The SMILES string of the molecule is O=C(O)C=CC(=O)O.O=C(O)c1ccccc1C(=O)O.OCCOCCO. The first kappa shape index (κ1) is 26.0. The highest BCUT2D eigenvalue weighted by atomic mass is 16.5. The number of aliphatic carboxylic acids is 2. The van der Waals surface area contributed by atoms with Crippen molar-refractivity contribution in [2.24, 2.45) is 0 Å². The van der Waals surface area contributed by atoms with E-state index in [1.165, 1.54) is 24.3 Å². The third-order valence-corrected chi connectivity index (χ3v) is 2.23. The molecule has 0 fully saturated rings. The molecular weight excluding hydrogens is 368 g/mol. The maximum atomic E-state index is 10.5. The van der Waals surface area contributed by atoms with Crippen molar-refractivity contribution < 1.29 is 54.6 Å². The molecule has 0 aliphatic carbocycles. The van der Waals surface area contributed by atoms with Gasteiger partial charge in [-0.15, -0.1) is 0 Å². The second-order valence-electron chi connectivity index (χ2n) is 4.23. The van der Waals surface area contributed by atoms with Crippen molar-refractivity contribution in [3.63, 3.8) is 0 Å². The summed E-state index contributed by atoms with van der Waals surface area (Å²) in [5.41, 5.74) is -0.380. The van der Waals surface area contributed by atoms with Crippen LogP contribution >= 0.6 is 0 Å². The van der Waals surface area contributed by atoms with Crippen molar-refractivity contribution in [3.05, 3.63) is 47.5 Å². The number of benzene rings is 1. The van der Waals surface area contributed by atoms with Crippen LogP contribution < -0.4 is 0 Å². The van der Waals surface area contributed by atoms with Crippen molar-refractivity contribution in [2.45, 2.75) is 0 Å². The Morgan fingerprint density at radius 3 is 1.30 bits per heavy atom. The average Bonchev–Trinajstić information content (AvgIpc) is 2.61. The van der Waals surface area contributed by atoms with Gasteiger partial charge in [0.05, 0.1) is 37.6 Å². The predicted octanol–water partition coefficient (Wildman–Crippen LogP) is -0.218. The van der Waals surface area contributed by atoms with Gasteiger partial charge >= 0.3 is 23.9 Å². The summed E-state index contributed by atoms with van der Waals surface area (Å²) in [6.45, 7) is 0.696. The summed E-state index contributed by atoms with van der Waals surface area (Å²) in [6.07, 6.45) is 1.12. The monoisotopic (exact) mass is 388 g/mol. The Morgan fingerprint density at radius 1 is 0.741 bits per heavy atom. The molecule has 0 spiro atoms. The number of carboxylic acids is 4. The molecule has 11 heteroatoms. The van der Waals surface area contributed by atoms with Crippen molar-refractivity contribution in [3.8, 4) is 0 Å². The average molecular weight is 388 g/mol. The van der Waals surface area contributed by atoms with Gasteiger partial charge in [0.15, 0.2) is 0 Å². The van der Waals surface area contributed by atoms with E-state index in [0.717, 1.165) is 0 Å². The van der Waals surface area contributed by atoms with Crippen molar-refractivity contribution >= 4 is 23.9 Å². The Morgan fingerprint density at radius 2 is 1.07 bits per heavy atom. The molecule has 0 aliphatic rings. The number of hydrogen-bond acceptors (Lipinski definition) is 7. The van der Waals surface area contributed by atoms with Gasteiger partial charge < -0.3 is 35.4 Å². The van der Waals surface area contributed by atoms with Crippen LogP contribution in [0.15, 0.2) is 36.4 Å². The van der Waals surface area contributed by atoms with Crippen molar-refractivity contribution in [1.82, 2.24) is 0 Å². The van der Waals surface area contributed by atoms with Gasteiger partial charge in [0.25, 0.3) is 0 Å². The maximum absolute atomic E-state index is 10.5. The van der Waals surface area contributed by atoms with E-state index in [9.17, 15) is 19.2 Å². The number of hydrogen-bond donors (Lipinski definition) is 6. The zero-order valence-electron chi connectivity index (χ0n) is 14.0. The number of rotatable bonds is 8. The van der Waals surface area contributed by atoms with Gasteiger partial charge in [0.2, 0.25) is 0 Å². The zero-order valence-corrected chi connectivity index (χ0v) is 14.0. The van der Waals surface area contributed by atoms with Gasteiger partial charge in [-0.25, -0.2) is 19.2 Å². The minimum absolute atomic E-state index is 0.0278. The lowest BCUT2D eigenvalue weighted by atomic mass is 10.1. The molecule has 0 bridgehead atoms. The smallest absolute Gasteiger partial charge is 0.336 e. The van der Waals surface area contributed by atoms with Crippen LogP contribution in [0.25, 0.3) is 0 Å². The minimum Gasteiger partial charge on any atom is -0.478 e. The molecule has 11 nitrogen and oxygen atoms in total. The van der Waals surface area contributed by atoms with Crippen LogP contribution in [0.5, 0.6) is 0 Å². The van der Waals surface area contributed by atoms with Crippen molar-refractivity contribution in [2.75, 3.05) is 26.4 Å². The normalized spacial score (nSPS) is 9.41. The summed E-state index contributed by atoms with van der Waals surface area (Å²) in [6, 6.07) is 5.48. The lowest BCUT2D eigenvalue weighted by Crippen LogP contribution is -2.06. The molecule has 0 amide bonds. The zero-order chi connectivity index (χ0) is 21.2. The second-order valence-corrected chi connectivity index (χ2v) is 4.23. The molecule has 1 aromatic carbocycles. The van der Waals surface area contributed by atoms with E-state index >= 15 is 0 Å². The van der Waals surface area contributed by atoms with Gasteiger partial charge in [0.1, 0.15) is 0 Å². The van der Waals surface area contributed by atoms with Crippen LogP contribution in [0.2, 0.25) is 0 Å². The van der Waals surface area contributed by atoms with Crippen LogP contribution in [-0.2, 0) is 14.3 Å². The fraction of sp³-hybridized carbons (Fsp3) is 0.250. The van der Waals surface area contributed by atoms with Gasteiger partial charge in [-0.2, -0.15) is 0 Å². The lowest BCUT2D eigenvalue weighted by Gasteiger charge is -1.98. The molecule has 6 N–H and O–H groups in total. The van der Waals surface area contributed by atoms with E-state index in [1.807, 2.05) is 0 Å². The minimum atomic E-state index is -1.26. The Hall–Kier alpha value is -3.28. The number of aromatic carboxylic acids is 2. The quantitative estimate of drug-likeness (QED) is 0.254. The predicted molar refractivity (Wildman–Crippen MR) is 89.8 cm³/mol. The van der Waals surface area contributed by atoms with E-state index in [-0.39, 0.29) is 24.3 Å². The summed E-state index contributed by atoms with van der Waals surface area (Å²) in [4.78, 5) is 40.0. The van der Waals surface area contributed by atoms with Gasteiger partial charge in [-0.05, 0) is 12.1 Å². The van der Waals surface area contributed by atoms with Crippen LogP contribution in [0, 0.1) is 0 Å². The van der Waals surface area contributed by atoms with Crippen molar-refractivity contribution in [1.29, 1.82) is 0 Å². The fourth-order valence-electron chi connectivity index (χ4n) is 1.23. The molecular formula is C16H20O11. The molecule has 0 aromatic heterocycles. The molecule has 1 aromatic rings. The highest BCUT2D eigenvalue weighted by molar-refractivity contribution is 6.01. The summed E-state index contributed by atoms with van der Waals surface area (Å²) >= 11 is 0. The third-order valence-electron chi connectivity index (χ3n) is 2.23.